The van der Waals surface area contributed by atoms with Crippen LogP contribution in [0.1, 0.15) is 0 Å². The van der Waals surface area contributed by atoms with Crippen LogP contribution in [0.15, 0.2) is 11.3 Å². The zero-order valence-electron chi connectivity index (χ0n) is 9.74. The Hall–Kier alpha value is -1.19. The summed E-state index contributed by atoms with van der Waals surface area (Å²) in [6.07, 6.45) is 0. The fourth-order valence-electron chi connectivity index (χ4n) is 1.95. The van der Waals surface area contributed by atoms with Gasteiger partial charge in [0.25, 0.3) is 0 Å². The van der Waals surface area contributed by atoms with Crippen LogP contribution in [0.25, 0.3) is 0 Å². The Morgan fingerprint density at radius 3 is 2.74 bits per heavy atom. The number of thioether (sulfide) groups is 2. The molecule has 0 spiro atoms. The molecule has 0 aromatic carbocycles. The summed E-state index contributed by atoms with van der Waals surface area (Å²) in [7, 11) is 0. The Kier molecular flexibility index (Phi) is 4.07. The minimum Gasteiger partial charge on any atom is -0.481 e. The van der Waals surface area contributed by atoms with E-state index in [1.165, 1.54) is 16.7 Å². The minimum absolute atomic E-state index is 0.0339. The Bertz CT molecular complexity index is 479. The fourth-order valence-corrected chi connectivity index (χ4v) is 4.14. The minimum atomic E-state index is -1.17. The van der Waals surface area contributed by atoms with Crippen LogP contribution >= 0.6 is 23.5 Å². The molecule has 104 valence electrons. The third-order valence-corrected chi connectivity index (χ3v) is 5.16. The third kappa shape index (κ3) is 2.58. The smallest absolute Gasteiger partial charge is 0.352 e. The molecule has 1 saturated heterocycles. The normalized spacial score (nSPS) is 25.9. The van der Waals surface area contributed by atoms with Gasteiger partial charge in [0.2, 0.25) is 5.91 Å². The van der Waals surface area contributed by atoms with Gasteiger partial charge in [-0.1, -0.05) is 0 Å². The maximum Gasteiger partial charge on any atom is 0.352 e. The van der Waals surface area contributed by atoms with Crippen molar-refractivity contribution in [3.05, 3.63) is 11.3 Å². The molecule has 0 aliphatic carbocycles. The molecule has 0 aromatic rings. The molecule has 1 fully saturated rings. The highest BCUT2D eigenvalue weighted by Crippen LogP contribution is 2.40. The molecule has 0 unspecified atom stereocenters. The van der Waals surface area contributed by atoms with Crippen molar-refractivity contribution in [2.45, 2.75) is 11.4 Å². The molecule has 7 nitrogen and oxygen atoms in total. The number of nitrogens with zero attached hydrogens (tertiary/aromatic N) is 1. The summed E-state index contributed by atoms with van der Waals surface area (Å²) in [5.74, 6) is -1.88. The van der Waals surface area contributed by atoms with Crippen LogP contribution < -0.4 is 5.73 Å². The maximum absolute atomic E-state index is 11.6. The first-order valence-electron chi connectivity index (χ1n) is 5.38. The van der Waals surface area contributed by atoms with Crippen LogP contribution in [0.3, 0.4) is 0 Å². The van der Waals surface area contributed by atoms with E-state index in [2.05, 4.69) is 0 Å². The summed E-state index contributed by atoms with van der Waals surface area (Å²) in [5, 5.41) is 17.5. The molecule has 2 aliphatic rings. The SMILES string of the molecule is N[C@@H]1C(=O)N2C(C(=O)O)=C(CSCC(=O)O)CS[C@H]12. The molecule has 2 atom stereocenters. The molecule has 0 bridgehead atoms. The van der Waals surface area contributed by atoms with Crippen molar-refractivity contribution in [2.75, 3.05) is 17.3 Å². The van der Waals surface area contributed by atoms with E-state index < -0.39 is 23.9 Å². The Morgan fingerprint density at radius 1 is 1.47 bits per heavy atom. The molecular weight excluding hydrogens is 292 g/mol. The molecule has 0 aromatic heterocycles. The van der Waals surface area contributed by atoms with Crippen molar-refractivity contribution < 1.29 is 24.6 Å². The number of carboxylic acids is 2. The van der Waals surface area contributed by atoms with Crippen molar-refractivity contribution in [3.63, 3.8) is 0 Å². The van der Waals surface area contributed by atoms with Crippen LogP contribution in [-0.4, -0.2) is 61.6 Å². The third-order valence-electron chi connectivity index (χ3n) is 2.79. The first-order chi connectivity index (χ1) is 8.93. The maximum atomic E-state index is 11.6. The van der Waals surface area contributed by atoms with Crippen LogP contribution in [0.5, 0.6) is 0 Å². The number of carbonyl (C=O) groups excluding carboxylic acids is 1. The lowest BCUT2D eigenvalue weighted by atomic mass is 10.0. The largest absolute Gasteiger partial charge is 0.481 e. The van der Waals surface area contributed by atoms with E-state index in [1.807, 2.05) is 0 Å². The first kappa shape index (κ1) is 14.2. The number of carboxylic acid groups (broad SMARTS) is 2. The Balaban J connectivity index is 2.16. The van der Waals surface area contributed by atoms with Gasteiger partial charge in [0, 0.05) is 11.5 Å². The molecule has 1 amide bonds. The summed E-state index contributed by atoms with van der Waals surface area (Å²) < 4.78 is 0. The Morgan fingerprint density at radius 2 is 2.16 bits per heavy atom. The van der Waals surface area contributed by atoms with Crippen LogP contribution in [0, 0.1) is 0 Å². The lowest BCUT2D eigenvalue weighted by Gasteiger charge is -2.48. The molecular formula is C10H12N2O5S2. The average molecular weight is 304 g/mol. The van der Waals surface area contributed by atoms with Crippen LogP contribution in [0.4, 0.5) is 0 Å². The molecule has 4 N–H and O–H groups in total. The highest BCUT2D eigenvalue weighted by Gasteiger charge is 2.51. The van der Waals surface area contributed by atoms with Crippen molar-refractivity contribution in [2.24, 2.45) is 5.73 Å². The van der Waals surface area contributed by atoms with Gasteiger partial charge in [-0.25, -0.2) is 4.79 Å². The predicted octanol–water partition coefficient (Wildman–Crippen LogP) is -0.615. The van der Waals surface area contributed by atoms with E-state index >= 15 is 0 Å². The quantitative estimate of drug-likeness (QED) is 0.575. The van der Waals surface area contributed by atoms with E-state index in [1.54, 1.807) is 0 Å². The molecule has 9 heteroatoms. The van der Waals surface area contributed by atoms with Gasteiger partial charge >= 0.3 is 11.9 Å². The molecule has 2 rings (SSSR count). The number of rotatable bonds is 5. The summed E-state index contributed by atoms with van der Waals surface area (Å²) >= 11 is 2.53. The number of β-lactam (4-membered cyclic amide) rings is 1. The van der Waals surface area contributed by atoms with Gasteiger partial charge in [0.05, 0.1) is 5.75 Å². The average Bonchev–Trinajstić information content (AvgIpc) is 2.36. The zero-order chi connectivity index (χ0) is 14.2. The van der Waals surface area contributed by atoms with Gasteiger partial charge in [-0.05, 0) is 5.57 Å². The second-order valence-corrected chi connectivity index (χ2v) is 6.17. The van der Waals surface area contributed by atoms with E-state index in [0.29, 0.717) is 11.3 Å². The van der Waals surface area contributed by atoms with E-state index in [4.69, 9.17) is 10.8 Å². The van der Waals surface area contributed by atoms with Crippen molar-refractivity contribution in [3.8, 4) is 0 Å². The van der Waals surface area contributed by atoms with Crippen molar-refractivity contribution in [1.29, 1.82) is 0 Å². The molecule has 0 radical (unpaired) electrons. The lowest BCUT2D eigenvalue weighted by molar-refractivity contribution is -0.147. The lowest BCUT2D eigenvalue weighted by Crippen LogP contribution is -2.68. The first-order valence-corrected chi connectivity index (χ1v) is 7.59. The van der Waals surface area contributed by atoms with Crippen molar-refractivity contribution >= 4 is 41.4 Å². The van der Waals surface area contributed by atoms with Crippen LogP contribution in [-0.2, 0) is 14.4 Å². The molecule has 0 saturated carbocycles. The Labute approximate surface area is 117 Å². The summed E-state index contributed by atoms with van der Waals surface area (Å²) in [6.45, 7) is 0. The fraction of sp³-hybridized carbons (Fsp3) is 0.500. The summed E-state index contributed by atoms with van der Waals surface area (Å²) in [5.41, 5.74) is 6.15. The topological polar surface area (TPSA) is 121 Å². The second-order valence-electron chi connectivity index (χ2n) is 4.08. The second kappa shape index (κ2) is 5.43. The summed E-state index contributed by atoms with van der Waals surface area (Å²) in [6, 6.07) is -0.646. The highest BCUT2D eigenvalue weighted by molar-refractivity contribution is 8.01. The van der Waals surface area contributed by atoms with E-state index in [9.17, 15) is 19.5 Å². The number of hydrogen-bond acceptors (Lipinski definition) is 6. The van der Waals surface area contributed by atoms with Gasteiger partial charge in [0.15, 0.2) is 0 Å². The van der Waals surface area contributed by atoms with Gasteiger partial charge in [-0.3, -0.25) is 14.5 Å². The molecule has 2 heterocycles. The number of hydrogen-bond donors (Lipinski definition) is 3. The zero-order valence-corrected chi connectivity index (χ0v) is 11.4. The molecule has 19 heavy (non-hydrogen) atoms. The highest BCUT2D eigenvalue weighted by atomic mass is 32.2. The molecule has 2 aliphatic heterocycles. The predicted molar refractivity (Wildman–Crippen MR) is 70.7 cm³/mol. The number of carbonyl (C=O) groups is 3. The van der Waals surface area contributed by atoms with E-state index in [0.717, 1.165) is 11.8 Å². The van der Waals surface area contributed by atoms with Gasteiger partial charge in [-0.15, -0.1) is 23.5 Å². The van der Waals surface area contributed by atoms with Gasteiger partial charge < -0.3 is 15.9 Å². The number of fused-ring (bicyclic) bond motifs is 1. The van der Waals surface area contributed by atoms with Crippen molar-refractivity contribution in [1.82, 2.24) is 4.90 Å². The number of amides is 1. The number of nitrogens with two attached hydrogens (primary N) is 1. The van der Waals surface area contributed by atoms with Gasteiger partial charge in [0.1, 0.15) is 17.1 Å². The van der Waals surface area contributed by atoms with Gasteiger partial charge in [-0.2, -0.15) is 0 Å². The summed E-state index contributed by atoms with van der Waals surface area (Å²) in [4.78, 5) is 34.5. The standard InChI is InChI=1S/C10H12N2O5S2/c11-6-8(15)12-7(10(16)17)4(2-19-9(6)12)1-18-3-5(13)14/h6,9H,1-3,11H2,(H,13,14)(H,16,17)/t6-,9-/m1/s1. The number of aliphatic carboxylic acids is 2. The van der Waals surface area contributed by atoms with Crippen LogP contribution in [0.2, 0.25) is 0 Å². The monoisotopic (exact) mass is 304 g/mol. The van der Waals surface area contributed by atoms with E-state index in [-0.39, 0.29) is 22.6 Å².